The largest absolute Gasteiger partial charge is 0.346 e. The maximum atomic E-state index is 11.7. The molecule has 0 atom stereocenters. The van der Waals surface area contributed by atoms with E-state index in [1.807, 2.05) is 20.8 Å². The Hall–Kier alpha value is -0.420. The van der Waals surface area contributed by atoms with Crippen molar-refractivity contribution in [3.05, 3.63) is 16.1 Å². The number of aryl methyl sites for hydroxylation is 1. The number of nitrogens with zero attached hydrogens (tertiary/aromatic N) is 1. The summed E-state index contributed by atoms with van der Waals surface area (Å²) in [7, 11) is 0. The van der Waals surface area contributed by atoms with E-state index >= 15 is 0 Å². The van der Waals surface area contributed by atoms with E-state index in [4.69, 9.17) is 0 Å². The average molecular weight is 277 g/mol. The van der Waals surface area contributed by atoms with Gasteiger partial charge in [-0.25, -0.2) is 4.98 Å². The predicted molar refractivity (Wildman–Crippen MR) is 62.2 cm³/mol. The molecule has 0 fully saturated rings. The number of rotatable bonds is 3. The molecule has 1 amide bonds. The van der Waals surface area contributed by atoms with Gasteiger partial charge in [0, 0.05) is 10.9 Å². The highest BCUT2D eigenvalue weighted by Crippen LogP contribution is 2.13. The Morgan fingerprint density at radius 3 is 2.79 bits per heavy atom. The van der Waals surface area contributed by atoms with Crippen LogP contribution in [-0.4, -0.2) is 21.8 Å². The molecule has 0 spiro atoms. The second-order valence-corrected chi connectivity index (χ2v) is 5.51. The molecule has 14 heavy (non-hydrogen) atoms. The molecule has 0 bridgehead atoms. The molecule has 0 aromatic carbocycles. The average Bonchev–Trinajstić information content (AvgIpc) is 2.51. The number of halogens is 1. The molecule has 3 nitrogen and oxygen atoms in total. The van der Waals surface area contributed by atoms with E-state index in [2.05, 4.69) is 26.2 Å². The molecule has 1 aromatic heterocycles. The standard InChI is InChI=1S/C9H13BrN2OS/c1-6-11-4-7(14-6)8(13)12-9(2,3)5-10/h4H,5H2,1-3H3,(H,12,13). The van der Waals surface area contributed by atoms with Gasteiger partial charge in [0.05, 0.1) is 11.2 Å². The molecule has 1 N–H and O–H groups in total. The van der Waals surface area contributed by atoms with Crippen LogP contribution in [0, 0.1) is 6.92 Å². The first-order valence-corrected chi connectivity index (χ1v) is 6.19. The molecule has 0 unspecified atom stereocenters. The number of hydrogen-bond acceptors (Lipinski definition) is 3. The van der Waals surface area contributed by atoms with Crippen molar-refractivity contribution in [2.45, 2.75) is 26.3 Å². The number of carbonyl (C=O) groups is 1. The van der Waals surface area contributed by atoms with E-state index in [-0.39, 0.29) is 11.4 Å². The molecule has 78 valence electrons. The Labute approximate surface area is 96.1 Å². The lowest BCUT2D eigenvalue weighted by Gasteiger charge is -2.22. The number of nitrogens with one attached hydrogen (secondary N) is 1. The number of aromatic nitrogens is 1. The summed E-state index contributed by atoms with van der Waals surface area (Å²) >= 11 is 4.76. The van der Waals surface area contributed by atoms with Crippen LogP contribution >= 0.6 is 27.3 Å². The first-order chi connectivity index (χ1) is 6.44. The molecule has 0 aliphatic heterocycles. The number of hydrogen-bond donors (Lipinski definition) is 1. The zero-order valence-electron chi connectivity index (χ0n) is 8.43. The van der Waals surface area contributed by atoms with E-state index in [0.717, 1.165) is 10.3 Å². The number of alkyl halides is 1. The molecule has 5 heteroatoms. The van der Waals surface area contributed by atoms with Gasteiger partial charge in [-0.2, -0.15) is 0 Å². The molecule has 1 rings (SSSR count). The first kappa shape index (κ1) is 11.7. The third-order valence-corrected chi connectivity index (χ3v) is 3.94. The smallest absolute Gasteiger partial charge is 0.263 e. The van der Waals surface area contributed by atoms with Gasteiger partial charge in [-0.3, -0.25) is 4.79 Å². The van der Waals surface area contributed by atoms with Crippen LogP contribution in [0.25, 0.3) is 0 Å². The van der Waals surface area contributed by atoms with Crippen LogP contribution in [0.2, 0.25) is 0 Å². The molecule has 1 aromatic rings. The van der Waals surface area contributed by atoms with Crippen molar-refractivity contribution < 1.29 is 4.79 Å². The van der Waals surface area contributed by atoms with Crippen LogP contribution in [0.5, 0.6) is 0 Å². The van der Waals surface area contributed by atoms with Gasteiger partial charge in [-0.1, -0.05) is 15.9 Å². The Bertz CT molecular complexity index is 335. The van der Waals surface area contributed by atoms with Gasteiger partial charge in [0.1, 0.15) is 4.88 Å². The summed E-state index contributed by atoms with van der Waals surface area (Å²) in [6.07, 6.45) is 1.61. The fourth-order valence-corrected chi connectivity index (χ4v) is 1.68. The van der Waals surface area contributed by atoms with Gasteiger partial charge in [-0.05, 0) is 20.8 Å². The topological polar surface area (TPSA) is 42.0 Å². The first-order valence-electron chi connectivity index (χ1n) is 4.25. The van der Waals surface area contributed by atoms with Gasteiger partial charge in [0.15, 0.2) is 0 Å². The molecule has 0 aliphatic rings. The minimum absolute atomic E-state index is 0.0555. The number of thiazole rings is 1. The van der Waals surface area contributed by atoms with Crippen LogP contribution in [0.1, 0.15) is 28.5 Å². The van der Waals surface area contributed by atoms with Crippen molar-refractivity contribution in [1.29, 1.82) is 0 Å². The van der Waals surface area contributed by atoms with Crippen LogP contribution < -0.4 is 5.32 Å². The molecule has 0 aliphatic carbocycles. The quantitative estimate of drug-likeness (QED) is 0.862. The SMILES string of the molecule is Cc1ncc(C(=O)NC(C)(C)CBr)s1. The Balaban J connectivity index is 2.68. The van der Waals surface area contributed by atoms with Crippen molar-refractivity contribution in [2.75, 3.05) is 5.33 Å². The molecular formula is C9H13BrN2OS. The molecule has 0 saturated carbocycles. The monoisotopic (exact) mass is 276 g/mol. The van der Waals surface area contributed by atoms with E-state index in [1.54, 1.807) is 6.20 Å². The highest BCUT2D eigenvalue weighted by atomic mass is 79.9. The van der Waals surface area contributed by atoms with Crippen LogP contribution in [0.3, 0.4) is 0 Å². The maximum Gasteiger partial charge on any atom is 0.263 e. The van der Waals surface area contributed by atoms with E-state index in [9.17, 15) is 4.79 Å². The summed E-state index contributed by atoms with van der Waals surface area (Å²) in [4.78, 5) is 16.4. The van der Waals surface area contributed by atoms with Crippen molar-refractivity contribution in [3.8, 4) is 0 Å². The molecular weight excluding hydrogens is 264 g/mol. The van der Waals surface area contributed by atoms with Crippen molar-refractivity contribution in [1.82, 2.24) is 10.3 Å². The molecule has 0 saturated heterocycles. The zero-order valence-corrected chi connectivity index (χ0v) is 10.8. The van der Waals surface area contributed by atoms with E-state index in [1.165, 1.54) is 11.3 Å². The highest BCUT2D eigenvalue weighted by molar-refractivity contribution is 9.09. The molecule has 1 heterocycles. The van der Waals surface area contributed by atoms with Gasteiger partial charge >= 0.3 is 0 Å². The van der Waals surface area contributed by atoms with Gasteiger partial charge in [0.2, 0.25) is 0 Å². The maximum absolute atomic E-state index is 11.7. The number of carbonyl (C=O) groups excluding carboxylic acids is 1. The zero-order chi connectivity index (χ0) is 10.8. The minimum Gasteiger partial charge on any atom is -0.346 e. The second kappa shape index (κ2) is 4.40. The Morgan fingerprint density at radius 2 is 2.36 bits per heavy atom. The van der Waals surface area contributed by atoms with Crippen LogP contribution in [-0.2, 0) is 0 Å². The van der Waals surface area contributed by atoms with Gasteiger partial charge < -0.3 is 5.32 Å². The lowest BCUT2D eigenvalue weighted by Crippen LogP contribution is -2.44. The van der Waals surface area contributed by atoms with Crippen molar-refractivity contribution >= 4 is 33.2 Å². The minimum atomic E-state index is -0.227. The second-order valence-electron chi connectivity index (χ2n) is 3.72. The Morgan fingerprint density at radius 1 is 1.71 bits per heavy atom. The van der Waals surface area contributed by atoms with Crippen LogP contribution in [0.4, 0.5) is 0 Å². The lowest BCUT2D eigenvalue weighted by molar-refractivity contribution is 0.0925. The summed E-state index contributed by atoms with van der Waals surface area (Å²) in [6.45, 7) is 5.82. The fourth-order valence-electron chi connectivity index (χ4n) is 0.869. The summed E-state index contributed by atoms with van der Waals surface area (Å²) < 4.78 is 0. The number of amides is 1. The van der Waals surface area contributed by atoms with Crippen molar-refractivity contribution in [3.63, 3.8) is 0 Å². The summed E-state index contributed by atoms with van der Waals surface area (Å²) in [6, 6.07) is 0. The molecule has 0 radical (unpaired) electrons. The van der Waals surface area contributed by atoms with E-state index in [0.29, 0.717) is 4.88 Å². The highest BCUT2D eigenvalue weighted by Gasteiger charge is 2.20. The normalized spacial score (nSPS) is 11.4. The lowest BCUT2D eigenvalue weighted by atomic mass is 10.1. The van der Waals surface area contributed by atoms with Crippen LogP contribution in [0.15, 0.2) is 6.20 Å². The summed E-state index contributed by atoms with van der Waals surface area (Å²) in [5.74, 6) is -0.0555. The Kier molecular flexibility index (Phi) is 3.66. The third-order valence-electron chi connectivity index (χ3n) is 1.63. The summed E-state index contributed by atoms with van der Waals surface area (Å²) in [5.41, 5.74) is -0.227. The fraction of sp³-hybridized carbons (Fsp3) is 0.556. The van der Waals surface area contributed by atoms with Gasteiger partial charge in [-0.15, -0.1) is 11.3 Å². The summed E-state index contributed by atoms with van der Waals surface area (Å²) in [5, 5.41) is 4.55. The predicted octanol–water partition coefficient (Wildman–Crippen LogP) is 2.35. The van der Waals surface area contributed by atoms with Gasteiger partial charge in [0.25, 0.3) is 5.91 Å². The third kappa shape index (κ3) is 3.06. The van der Waals surface area contributed by atoms with Crippen molar-refractivity contribution in [2.24, 2.45) is 0 Å². The van der Waals surface area contributed by atoms with E-state index < -0.39 is 0 Å².